The highest BCUT2D eigenvalue weighted by Gasteiger charge is 2.45. The summed E-state index contributed by atoms with van der Waals surface area (Å²) >= 11 is 0. The van der Waals surface area contributed by atoms with Gasteiger partial charge in [-0.25, -0.2) is 4.98 Å². The van der Waals surface area contributed by atoms with Gasteiger partial charge in [0.05, 0.1) is 18.6 Å². The van der Waals surface area contributed by atoms with E-state index in [0.717, 1.165) is 42.8 Å². The Kier molecular flexibility index (Phi) is 4.34. The zero-order valence-corrected chi connectivity index (χ0v) is 14.7. The van der Waals surface area contributed by atoms with Crippen LogP contribution in [0, 0.1) is 6.92 Å². The molecule has 25 heavy (non-hydrogen) atoms. The number of benzene rings is 1. The predicted octanol–water partition coefficient (Wildman–Crippen LogP) is 3.13. The van der Waals surface area contributed by atoms with Crippen LogP contribution in [0.15, 0.2) is 36.5 Å². The van der Waals surface area contributed by atoms with E-state index in [-0.39, 0.29) is 17.4 Å². The molecule has 1 atom stereocenters. The molecule has 1 saturated heterocycles. The van der Waals surface area contributed by atoms with Crippen LogP contribution in [0.2, 0.25) is 0 Å². The minimum Gasteiger partial charge on any atom is -0.367 e. The molecule has 0 unspecified atom stereocenters. The number of hydrogen-bond donors (Lipinski definition) is 1. The van der Waals surface area contributed by atoms with E-state index in [2.05, 4.69) is 22.1 Å². The van der Waals surface area contributed by atoms with Gasteiger partial charge < -0.3 is 14.6 Å². The second kappa shape index (κ2) is 6.64. The van der Waals surface area contributed by atoms with E-state index in [1.54, 1.807) is 0 Å². The van der Waals surface area contributed by atoms with Crippen molar-refractivity contribution in [1.82, 2.24) is 14.9 Å². The Morgan fingerprint density at radius 2 is 2.04 bits per heavy atom. The van der Waals surface area contributed by atoms with Crippen molar-refractivity contribution in [2.45, 2.75) is 44.1 Å². The molecule has 1 aromatic heterocycles. The number of rotatable bonds is 3. The molecule has 5 heteroatoms. The molecule has 1 N–H and O–H groups in total. The third-order valence-corrected chi connectivity index (χ3v) is 5.57. The number of aryl methyl sites for hydroxylation is 1. The van der Waals surface area contributed by atoms with E-state index in [0.29, 0.717) is 19.7 Å². The van der Waals surface area contributed by atoms with Crippen LogP contribution in [-0.2, 0) is 14.9 Å². The van der Waals surface area contributed by atoms with Gasteiger partial charge in [-0.3, -0.25) is 4.79 Å². The normalized spacial score (nSPS) is 22.9. The fourth-order valence-corrected chi connectivity index (χ4v) is 4.26. The molecule has 1 aliphatic heterocycles. The molecule has 5 nitrogen and oxygen atoms in total. The lowest BCUT2D eigenvalue weighted by Gasteiger charge is -2.39. The molecule has 1 aliphatic carbocycles. The number of H-pyrrole nitrogens is 1. The first-order chi connectivity index (χ1) is 12.2. The monoisotopic (exact) mass is 339 g/mol. The molecule has 1 aromatic carbocycles. The van der Waals surface area contributed by atoms with Crippen LogP contribution in [-0.4, -0.2) is 40.5 Å². The molecule has 2 aromatic rings. The first kappa shape index (κ1) is 16.3. The Balaban J connectivity index is 1.58. The van der Waals surface area contributed by atoms with Crippen molar-refractivity contribution in [2.75, 3.05) is 19.7 Å². The second-order valence-corrected chi connectivity index (χ2v) is 7.22. The number of aromatic nitrogens is 2. The van der Waals surface area contributed by atoms with E-state index in [9.17, 15) is 4.79 Å². The van der Waals surface area contributed by atoms with Crippen LogP contribution in [0.1, 0.15) is 48.9 Å². The van der Waals surface area contributed by atoms with Crippen LogP contribution >= 0.6 is 0 Å². The highest BCUT2D eigenvalue weighted by atomic mass is 16.5. The van der Waals surface area contributed by atoms with Gasteiger partial charge in [0, 0.05) is 18.4 Å². The number of nitrogens with zero attached hydrogens (tertiary/aromatic N) is 2. The maximum Gasteiger partial charge on any atom is 0.233 e. The van der Waals surface area contributed by atoms with E-state index in [1.165, 1.54) is 0 Å². The van der Waals surface area contributed by atoms with E-state index in [1.807, 2.05) is 36.2 Å². The third kappa shape index (κ3) is 2.97. The lowest BCUT2D eigenvalue weighted by Crippen LogP contribution is -2.50. The van der Waals surface area contributed by atoms with Crippen molar-refractivity contribution in [3.63, 3.8) is 0 Å². The van der Waals surface area contributed by atoms with Gasteiger partial charge in [0.25, 0.3) is 0 Å². The summed E-state index contributed by atoms with van der Waals surface area (Å²) in [7, 11) is 0. The van der Waals surface area contributed by atoms with Gasteiger partial charge in [0.15, 0.2) is 0 Å². The molecule has 4 rings (SSSR count). The molecule has 0 spiro atoms. The first-order valence-electron chi connectivity index (χ1n) is 9.17. The minimum atomic E-state index is -0.359. The van der Waals surface area contributed by atoms with Gasteiger partial charge in [0.1, 0.15) is 11.9 Å². The highest BCUT2D eigenvalue weighted by Crippen LogP contribution is 2.43. The van der Waals surface area contributed by atoms with Crippen molar-refractivity contribution in [1.29, 1.82) is 0 Å². The number of imidazole rings is 1. The molecular formula is C20H25N3O2. The maximum atomic E-state index is 13.5. The van der Waals surface area contributed by atoms with Crippen molar-refractivity contribution in [2.24, 2.45) is 0 Å². The Labute approximate surface area is 148 Å². The Morgan fingerprint density at radius 3 is 2.72 bits per heavy atom. The lowest BCUT2D eigenvalue weighted by molar-refractivity contribution is -0.145. The molecular weight excluding hydrogens is 314 g/mol. The quantitative estimate of drug-likeness (QED) is 0.935. The molecule has 1 amide bonds. The molecule has 0 bridgehead atoms. The molecule has 132 valence electrons. The van der Waals surface area contributed by atoms with Crippen LogP contribution < -0.4 is 0 Å². The third-order valence-electron chi connectivity index (χ3n) is 5.57. The number of morpholine rings is 1. The summed E-state index contributed by atoms with van der Waals surface area (Å²) in [5.41, 5.74) is 1.82. The fraction of sp³-hybridized carbons (Fsp3) is 0.500. The largest absolute Gasteiger partial charge is 0.367 e. The van der Waals surface area contributed by atoms with Gasteiger partial charge in [-0.05, 0) is 25.3 Å². The van der Waals surface area contributed by atoms with Gasteiger partial charge >= 0.3 is 0 Å². The number of carbonyl (C=O) groups excluding carboxylic acids is 1. The summed E-state index contributed by atoms with van der Waals surface area (Å²) in [6.45, 7) is 3.76. The topological polar surface area (TPSA) is 58.2 Å². The zero-order valence-electron chi connectivity index (χ0n) is 14.7. The van der Waals surface area contributed by atoms with Crippen LogP contribution in [0.4, 0.5) is 0 Å². The molecule has 2 heterocycles. The molecule has 0 radical (unpaired) electrons. The average Bonchev–Trinajstić information content (AvgIpc) is 3.32. The average molecular weight is 339 g/mol. The molecule has 2 aliphatic rings. The fourth-order valence-electron chi connectivity index (χ4n) is 4.26. The number of carbonyl (C=O) groups is 1. The number of nitrogens with one attached hydrogen (secondary N) is 1. The SMILES string of the molecule is Cc1cnc([C@@H]2CN(C(=O)C3(c4ccccc4)CCCC3)CCO2)[nH]1. The summed E-state index contributed by atoms with van der Waals surface area (Å²) in [5, 5.41) is 0. The Bertz CT molecular complexity index is 734. The highest BCUT2D eigenvalue weighted by molar-refractivity contribution is 5.88. The summed E-state index contributed by atoms with van der Waals surface area (Å²) < 4.78 is 5.87. The van der Waals surface area contributed by atoms with Crippen LogP contribution in [0.5, 0.6) is 0 Å². The number of amides is 1. The van der Waals surface area contributed by atoms with Gasteiger partial charge in [0.2, 0.25) is 5.91 Å². The standard InChI is InChI=1S/C20H25N3O2/c1-15-13-21-18(22-15)17-14-23(11-12-25-17)19(24)20(9-5-6-10-20)16-7-3-2-4-8-16/h2-4,7-8,13,17H,5-6,9-12,14H2,1H3,(H,21,22)/t17-/m0/s1. The van der Waals surface area contributed by atoms with Gasteiger partial charge in [-0.1, -0.05) is 43.2 Å². The Morgan fingerprint density at radius 1 is 1.28 bits per heavy atom. The maximum absolute atomic E-state index is 13.5. The van der Waals surface area contributed by atoms with Crippen molar-refractivity contribution >= 4 is 5.91 Å². The summed E-state index contributed by atoms with van der Waals surface area (Å²) in [5.74, 6) is 1.07. The van der Waals surface area contributed by atoms with Gasteiger partial charge in [-0.2, -0.15) is 0 Å². The zero-order chi connectivity index (χ0) is 17.3. The van der Waals surface area contributed by atoms with Crippen LogP contribution in [0.3, 0.4) is 0 Å². The van der Waals surface area contributed by atoms with Crippen molar-refractivity contribution in [3.05, 3.63) is 53.6 Å². The predicted molar refractivity (Wildman–Crippen MR) is 95.2 cm³/mol. The molecule has 1 saturated carbocycles. The Hall–Kier alpha value is -2.14. The second-order valence-electron chi connectivity index (χ2n) is 7.22. The minimum absolute atomic E-state index is 0.166. The first-order valence-corrected chi connectivity index (χ1v) is 9.17. The summed E-state index contributed by atoms with van der Waals surface area (Å²) in [4.78, 5) is 23.2. The van der Waals surface area contributed by atoms with Gasteiger partial charge in [-0.15, -0.1) is 0 Å². The lowest BCUT2D eigenvalue weighted by atomic mass is 9.77. The number of ether oxygens (including phenoxy) is 1. The van der Waals surface area contributed by atoms with Crippen molar-refractivity contribution in [3.8, 4) is 0 Å². The van der Waals surface area contributed by atoms with E-state index < -0.39 is 0 Å². The van der Waals surface area contributed by atoms with E-state index in [4.69, 9.17) is 4.74 Å². The summed E-state index contributed by atoms with van der Waals surface area (Å²) in [6.07, 6.45) is 5.76. The number of aromatic amines is 1. The van der Waals surface area contributed by atoms with Crippen LogP contribution in [0.25, 0.3) is 0 Å². The van der Waals surface area contributed by atoms with Crippen molar-refractivity contribution < 1.29 is 9.53 Å². The number of hydrogen-bond acceptors (Lipinski definition) is 3. The van der Waals surface area contributed by atoms with E-state index >= 15 is 0 Å². The molecule has 2 fully saturated rings. The smallest absolute Gasteiger partial charge is 0.233 e. The summed E-state index contributed by atoms with van der Waals surface area (Å²) in [6, 6.07) is 10.3.